The third kappa shape index (κ3) is 3.76. The molecule has 1 aromatic rings. The molecule has 0 saturated carbocycles. The van der Waals surface area contributed by atoms with Gasteiger partial charge in [-0.1, -0.05) is 19.8 Å². The largest absolute Gasteiger partial charge is 0.355 e. The molecular weight excluding hydrogens is 262 g/mol. The second kappa shape index (κ2) is 6.65. The Labute approximate surface area is 116 Å². The van der Waals surface area contributed by atoms with Crippen molar-refractivity contribution in [3.8, 4) is 0 Å². The molecule has 2 heterocycles. The Kier molecular flexibility index (Phi) is 4.90. The second-order valence-electron chi connectivity index (χ2n) is 4.71. The Bertz CT molecular complexity index is 458. The third-order valence-corrected chi connectivity index (χ3v) is 4.10. The molecule has 0 bridgehead atoms. The lowest BCUT2D eigenvalue weighted by Gasteiger charge is -2.11. The number of nitrogens with zero attached hydrogens (tertiary/aromatic N) is 1. The summed E-state index contributed by atoms with van der Waals surface area (Å²) in [5.74, 6) is -0.988. The summed E-state index contributed by atoms with van der Waals surface area (Å²) < 4.78 is 0. The van der Waals surface area contributed by atoms with Gasteiger partial charge < -0.3 is 10.6 Å². The highest BCUT2D eigenvalue weighted by Gasteiger charge is 2.28. The van der Waals surface area contributed by atoms with Gasteiger partial charge in [-0.15, -0.1) is 11.3 Å². The van der Waals surface area contributed by atoms with Crippen LogP contribution in [0.15, 0.2) is 6.20 Å². The highest BCUT2D eigenvalue weighted by atomic mass is 32.1. The van der Waals surface area contributed by atoms with E-state index in [1.807, 2.05) is 0 Å². The van der Waals surface area contributed by atoms with Crippen LogP contribution in [0.25, 0.3) is 0 Å². The molecule has 1 atom stereocenters. The highest BCUT2D eigenvalue weighted by molar-refractivity contribution is 7.15. The standard InChI is InChI=1S/C13H19N3O2S/c1-2-5-9-8-15-13(19-9)16-12(18)10-6-3-4-7-14-11(10)17/h8,10H,2-7H2,1H3,(H,14,17)(H,15,16,18). The number of carbonyl (C=O) groups is 2. The minimum Gasteiger partial charge on any atom is -0.355 e. The van der Waals surface area contributed by atoms with Crippen LogP contribution < -0.4 is 10.6 Å². The molecule has 0 aromatic carbocycles. The lowest BCUT2D eigenvalue weighted by Crippen LogP contribution is -2.36. The number of aromatic nitrogens is 1. The number of nitrogens with one attached hydrogen (secondary N) is 2. The van der Waals surface area contributed by atoms with Crippen molar-refractivity contribution in [3.05, 3.63) is 11.1 Å². The average molecular weight is 281 g/mol. The number of thiazole rings is 1. The van der Waals surface area contributed by atoms with Crippen LogP contribution in [0.4, 0.5) is 5.13 Å². The molecule has 1 saturated heterocycles. The van der Waals surface area contributed by atoms with E-state index in [2.05, 4.69) is 22.5 Å². The van der Waals surface area contributed by atoms with Gasteiger partial charge in [-0.2, -0.15) is 0 Å². The predicted molar refractivity (Wildman–Crippen MR) is 75.1 cm³/mol. The van der Waals surface area contributed by atoms with E-state index in [0.29, 0.717) is 18.1 Å². The number of rotatable bonds is 4. The van der Waals surface area contributed by atoms with E-state index in [4.69, 9.17) is 0 Å². The molecule has 1 aliphatic rings. The van der Waals surface area contributed by atoms with E-state index >= 15 is 0 Å². The molecule has 0 radical (unpaired) electrons. The lowest BCUT2D eigenvalue weighted by molar-refractivity contribution is -0.132. The van der Waals surface area contributed by atoms with Crippen molar-refractivity contribution in [2.45, 2.75) is 39.0 Å². The molecule has 6 heteroatoms. The van der Waals surface area contributed by atoms with E-state index in [1.165, 1.54) is 11.3 Å². The molecule has 0 spiro atoms. The van der Waals surface area contributed by atoms with Crippen molar-refractivity contribution in [1.29, 1.82) is 0 Å². The maximum Gasteiger partial charge on any atom is 0.238 e. The lowest BCUT2D eigenvalue weighted by atomic mass is 10.0. The van der Waals surface area contributed by atoms with Crippen molar-refractivity contribution in [3.63, 3.8) is 0 Å². The molecule has 2 rings (SSSR count). The van der Waals surface area contributed by atoms with Crippen molar-refractivity contribution >= 4 is 28.3 Å². The quantitative estimate of drug-likeness (QED) is 0.829. The van der Waals surface area contributed by atoms with Crippen molar-refractivity contribution in [1.82, 2.24) is 10.3 Å². The number of amides is 2. The summed E-state index contributed by atoms with van der Waals surface area (Å²) in [7, 11) is 0. The van der Waals surface area contributed by atoms with E-state index in [0.717, 1.165) is 30.6 Å². The summed E-state index contributed by atoms with van der Waals surface area (Å²) in [6.07, 6.45) is 6.27. The molecule has 1 fully saturated rings. The Morgan fingerprint density at radius 3 is 3.21 bits per heavy atom. The minimum atomic E-state index is -0.582. The zero-order chi connectivity index (χ0) is 13.7. The fourth-order valence-electron chi connectivity index (χ4n) is 2.11. The molecule has 2 N–H and O–H groups in total. The van der Waals surface area contributed by atoms with Gasteiger partial charge in [-0.05, 0) is 19.3 Å². The summed E-state index contributed by atoms with van der Waals surface area (Å²) >= 11 is 1.48. The average Bonchev–Trinajstić information content (AvgIpc) is 2.69. The first-order chi connectivity index (χ1) is 9.20. The summed E-state index contributed by atoms with van der Waals surface area (Å²) in [6.45, 7) is 2.77. The van der Waals surface area contributed by atoms with Gasteiger partial charge in [0.1, 0.15) is 5.92 Å². The van der Waals surface area contributed by atoms with Gasteiger partial charge in [-0.25, -0.2) is 4.98 Å². The molecular formula is C13H19N3O2S. The fraction of sp³-hybridized carbons (Fsp3) is 0.615. The number of hydrogen-bond acceptors (Lipinski definition) is 4. The van der Waals surface area contributed by atoms with Crippen molar-refractivity contribution in [2.24, 2.45) is 5.92 Å². The Morgan fingerprint density at radius 1 is 1.58 bits per heavy atom. The van der Waals surface area contributed by atoms with Gasteiger partial charge in [0.05, 0.1) is 0 Å². The van der Waals surface area contributed by atoms with Crippen molar-refractivity contribution in [2.75, 3.05) is 11.9 Å². The van der Waals surface area contributed by atoms with Gasteiger partial charge in [0.25, 0.3) is 0 Å². The van der Waals surface area contributed by atoms with Crippen LogP contribution in [0.2, 0.25) is 0 Å². The van der Waals surface area contributed by atoms with Gasteiger partial charge in [0.2, 0.25) is 11.8 Å². The van der Waals surface area contributed by atoms with E-state index in [1.54, 1.807) is 6.20 Å². The SMILES string of the molecule is CCCc1cnc(NC(=O)C2CCCCNC2=O)s1. The van der Waals surface area contributed by atoms with Gasteiger partial charge in [-0.3, -0.25) is 9.59 Å². The molecule has 2 amide bonds. The molecule has 1 aromatic heterocycles. The Balaban J connectivity index is 1.96. The summed E-state index contributed by atoms with van der Waals surface area (Å²) in [5.41, 5.74) is 0. The van der Waals surface area contributed by atoms with Gasteiger partial charge in [0.15, 0.2) is 5.13 Å². The molecule has 5 nitrogen and oxygen atoms in total. The zero-order valence-electron chi connectivity index (χ0n) is 11.1. The topological polar surface area (TPSA) is 71.1 Å². The minimum absolute atomic E-state index is 0.166. The molecule has 0 aliphatic carbocycles. The van der Waals surface area contributed by atoms with Crippen molar-refractivity contribution < 1.29 is 9.59 Å². The second-order valence-corrected chi connectivity index (χ2v) is 5.83. The summed E-state index contributed by atoms with van der Waals surface area (Å²) in [4.78, 5) is 29.2. The van der Waals surface area contributed by atoms with E-state index < -0.39 is 5.92 Å². The Morgan fingerprint density at radius 2 is 2.42 bits per heavy atom. The van der Waals surface area contributed by atoms with E-state index in [-0.39, 0.29) is 11.8 Å². The number of carbonyl (C=O) groups excluding carboxylic acids is 2. The van der Waals surface area contributed by atoms with Crippen LogP contribution in [0.5, 0.6) is 0 Å². The maximum atomic E-state index is 12.1. The van der Waals surface area contributed by atoms with Gasteiger partial charge >= 0.3 is 0 Å². The van der Waals surface area contributed by atoms with Crippen LogP contribution in [-0.4, -0.2) is 23.3 Å². The molecule has 104 valence electrons. The number of hydrogen-bond donors (Lipinski definition) is 2. The van der Waals surface area contributed by atoms with Gasteiger partial charge in [0, 0.05) is 17.6 Å². The number of aryl methyl sites for hydroxylation is 1. The molecule has 19 heavy (non-hydrogen) atoms. The predicted octanol–water partition coefficient (Wildman–Crippen LogP) is 1.95. The zero-order valence-corrected chi connectivity index (χ0v) is 11.9. The van der Waals surface area contributed by atoms with Crippen LogP contribution >= 0.6 is 11.3 Å². The third-order valence-electron chi connectivity index (χ3n) is 3.13. The normalized spacial score (nSPS) is 19.6. The van der Waals surface area contributed by atoms with E-state index in [9.17, 15) is 9.59 Å². The summed E-state index contributed by atoms with van der Waals surface area (Å²) in [6, 6.07) is 0. The Hall–Kier alpha value is -1.43. The smallest absolute Gasteiger partial charge is 0.238 e. The van der Waals surface area contributed by atoms with Crippen LogP contribution in [-0.2, 0) is 16.0 Å². The highest BCUT2D eigenvalue weighted by Crippen LogP contribution is 2.21. The molecule has 1 unspecified atom stereocenters. The van der Waals surface area contributed by atoms with Crippen LogP contribution in [0, 0.1) is 5.92 Å². The summed E-state index contributed by atoms with van der Waals surface area (Å²) in [5, 5.41) is 6.11. The molecule has 1 aliphatic heterocycles. The first-order valence-electron chi connectivity index (χ1n) is 6.74. The first kappa shape index (κ1) is 14.0. The van der Waals surface area contributed by atoms with Crippen LogP contribution in [0.1, 0.15) is 37.5 Å². The first-order valence-corrected chi connectivity index (χ1v) is 7.55. The monoisotopic (exact) mass is 281 g/mol. The number of anilines is 1. The maximum absolute atomic E-state index is 12.1. The fourth-order valence-corrected chi connectivity index (χ4v) is 3.03. The van der Waals surface area contributed by atoms with Crippen LogP contribution in [0.3, 0.4) is 0 Å².